The van der Waals surface area contributed by atoms with Gasteiger partial charge in [0.15, 0.2) is 11.5 Å². The largest absolute Gasteiger partial charge is 0.493 e. The molecule has 0 bridgehead atoms. The number of halogens is 1. The van der Waals surface area contributed by atoms with Crippen LogP contribution in [0.1, 0.15) is 33.6 Å². The highest BCUT2D eigenvalue weighted by Crippen LogP contribution is 2.31. The third kappa shape index (κ3) is 5.03. The second kappa shape index (κ2) is 7.43. The van der Waals surface area contributed by atoms with Crippen LogP contribution in [0.3, 0.4) is 0 Å². The van der Waals surface area contributed by atoms with Crippen LogP contribution in [-0.2, 0) is 4.74 Å². The standard InChI is InChI=1S/C17H24BrNO4/c1-17(2,3)23-16(20)19-9-5-6-13(19)11-22-14-8-7-12(18)10-15(14)21-4/h7-8,10,13H,5-6,9,11H2,1-4H3/t13-/m0/s1. The van der Waals surface area contributed by atoms with Gasteiger partial charge in [-0.05, 0) is 51.8 Å². The monoisotopic (exact) mass is 385 g/mol. The lowest BCUT2D eigenvalue weighted by atomic mass is 10.2. The van der Waals surface area contributed by atoms with Crippen LogP contribution >= 0.6 is 15.9 Å². The number of rotatable bonds is 4. The summed E-state index contributed by atoms with van der Waals surface area (Å²) in [5.74, 6) is 1.34. The van der Waals surface area contributed by atoms with Crippen LogP contribution in [-0.4, -0.2) is 42.9 Å². The molecule has 0 saturated carbocycles. The van der Waals surface area contributed by atoms with Crippen LogP contribution in [0.25, 0.3) is 0 Å². The van der Waals surface area contributed by atoms with E-state index in [2.05, 4.69) is 15.9 Å². The van der Waals surface area contributed by atoms with Crippen molar-refractivity contribution in [3.05, 3.63) is 22.7 Å². The first-order chi connectivity index (χ1) is 10.8. The third-order valence-corrected chi connectivity index (χ3v) is 4.06. The van der Waals surface area contributed by atoms with E-state index in [0.29, 0.717) is 24.7 Å². The number of hydrogen-bond acceptors (Lipinski definition) is 4. The zero-order chi connectivity index (χ0) is 17.0. The fraction of sp³-hybridized carbons (Fsp3) is 0.588. The molecule has 0 radical (unpaired) electrons. The Hall–Kier alpha value is -1.43. The molecule has 1 fully saturated rings. The molecule has 0 unspecified atom stereocenters. The lowest BCUT2D eigenvalue weighted by Gasteiger charge is -2.28. The fourth-order valence-corrected chi connectivity index (χ4v) is 2.86. The van der Waals surface area contributed by atoms with E-state index in [0.717, 1.165) is 17.3 Å². The van der Waals surface area contributed by atoms with Gasteiger partial charge in [-0.15, -0.1) is 0 Å². The number of carbonyl (C=O) groups is 1. The molecular weight excluding hydrogens is 362 g/mol. The molecule has 128 valence electrons. The Labute approximate surface area is 146 Å². The first-order valence-electron chi connectivity index (χ1n) is 7.76. The molecule has 5 nitrogen and oxygen atoms in total. The maximum atomic E-state index is 12.3. The van der Waals surface area contributed by atoms with Crippen LogP contribution in [0.15, 0.2) is 22.7 Å². The molecule has 6 heteroatoms. The van der Waals surface area contributed by atoms with E-state index in [1.807, 2.05) is 39.0 Å². The van der Waals surface area contributed by atoms with Crippen molar-refractivity contribution < 1.29 is 19.0 Å². The highest BCUT2D eigenvalue weighted by atomic mass is 79.9. The van der Waals surface area contributed by atoms with Gasteiger partial charge >= 0.3 is 6.09 Å². The van der Waals surface area contributed by atoms with Gasteiger partial charge in [0, 0.05) is 11.0 Å². The van der Waals surface area contributed by atoms with Crippen LogP contribution in [0.5, 0.6) is 11.5 Å². The first kappa shape index (κ1) is 17.9. The van der Waals surface area contributed by atoms with Gasteiger partial charge in [0.1, 0.15) is 12.2 Å². The van der Waals surface area contributed by atoms with Crippen molar-refractivity contribution in [2.75, 3.05) is 20.3 Å². The van der Waals surface area contributed by atoms with Crippen molar-refractivity contribution in [2.24, 2.45) is 0 Å². The summed E-state index contributed by atoms with van der Waals surface area (Å²) >= 11 is 3.41. The topological polar surface area (TPSA) is 48.0 Å². The van der Waals surface area contributed by atoms with Crippen molar-refractivity contribution in [1.29, 1.82) is 0 Å². The molecule has 0 aromatic heterocycles. The summed E-state index contributed by atoms with van der Waals surface area (Å²) in [4.78, 5) is 14.0. The second-order valence-corrected chi connectivity index (χ2v) is 7.49. The highest BCUT2D eigenvalue weighted by molar-refractivity contribution is 9.10. The number of nitrogens with zero attached hydrogens (tertiary/aromatic N) is 1. The summed E-state index contributed by atoms with van der Waals surface area (Å²) in [7, 11) is 1.61. The molecule has 2 rings (SSSR count). The number of benzene rings is 1. The van der Waals surface area contributed by atoms with Gasteiger partial charge in [-0.25, -0.2) is 4.79 Å². The Morgan fingerprint density at radius 1 is 1.35 bits per heavy atom. The number of methoxy groups -OCH3 is 1. The van der Waals surface area contributed by atoms with Crippen molar-refractivity contribution in [3.8, 4) is 11.5 Å². The van der Waals surface area contributed by atoms with Crippen molar-refractivity contribution >= 4 is 22.0 Å². The molecule has 1 aromatic rings. The lowest BCUT2D eigenvalue weighted by molar-refractivity contribution is 0.0187. The zero-order valence-corrected chi connectivity index (χ0v) is 15.7. The number of likely N-dealkylation sites (tertiary alicyclic amines) is 1. The first-order valence-corrected chi connectivity index (χ1v) is 8.55. The van der Waals surface area contributed by atoms with Gasteiger partial charge < -0.3 is 19.1 Å². The Morgan fingerprint density at radius 2 is 2.09 bits per heavy atom. The van der Waals surface area contributed by atoms with Crippen molar-refractivity contribution in [3.63, 3.8) is 0 Å². The molecular formula is C17H24BrNO4. The Kier molecular flexibility index (Phi) is 5.79. The number of hydrogen-bond donors (Lipinski definition) is 0. The van der Waals surface area contributed by atoms with E-state index in [1.165, 1.54) is 0 Å². The number of amides is 1. The lowest BCUT2D eigenvalue weighted by Crippen LogP contribution is -2.42. The Morgan fingerprint density at radius 3 is 2.74 bits per heavy atom. The average Bonchev–Trinajstić information content (AvgIpc) is 2.92. The molecule has 1 amide bonds. The predicted octanol–water partition coefficient (Wildman–Crippen LogP) is 4.24. The maximum absolute atomic E-state index is 12.3. The van der Waals surface area contributed by atoms with Gasteiger partial charge in [0.25, 0.3) is 0 Å². The third-order valence-electron chi connectivity index (χ3n) is 3.56. The second-order valence-electron chi connectivity index (χ2n) is 6.58. The molecule has 1 aliphatic rings. The molecule has 1 heterocycles. The molecule has 1 saturated heterocycles. The van der Waals surface area contributed by atoms with Gasteiger partial charge in [-0.3, -0.25) is 0 Å². The van der Waals surface area contributed by atoms with Gasteiger partial charge in [0.2, 0.25) is 0 Å². The smallest absolute Gasteiger partial charge is 0.410 e. The van der Waals surface area contributed by atoms with E-state index >= 15 is 0 Å². The summed E-state index contributed by atoms with van der Waals surface area (Å²) in [6.07, 6.45) is 1.61. The van der Waals surface area contributed by atoms with Crippen molar-refractivity contribution in [1.82, 2.24) is 4.90 Å². The van der Waals surface area contributed by atoms with E-state index in [9.17, 15) is 4.79 Å². The number of carbonyl (C=O) groups excluding carboxylic acids is 1. The summed E-state index contributed by atoms with van der Waals surface area (Å²) in [5, 5.41) is 0. The van der Waals surface area contributed by atoms with Crippen LogP contribution < -0.4 is 9.47 Å². The predicted molar refractivity (Wildman–Crippen MR) is 92.2 cm³/mol. The Balaban J connectivity index is 1.98. The summed E-state index contributed by atoms with van der Waals surface area (Å²) in [6, 6.07) is 5.64. The van der Waals surface area contributed by atoms with E-state index in [-0.39, 0.29) is 12.1 Å². The van der Waals surface area contributed by atoms with Gasteiger partial charge in [0.05, 0.1) is 13.2 Å². The molecule has 1 aromatic carbocycles. The maximum Gasteiger partial charge on any atom is 0.410 e. The SMILES string of the molecule is COc1cc(Br)ccc1OC[C@@H]1CCCN1C(=O)OC(C)(C)C. The molecule has 1 atom stereocenters. The number of ether oxygens (including phenoxy) is 3. The highest BCUT2D eigenvalue weighted by Gasteiger charge is 2.32. The fourth-order valence-electron chi connectivity index (χ4n) is 2.52. The minimum absolute atomic E-state index is 0.0261. The van der Waals surface area contributed by atoms with E-state index in [4.69, 9.17) is 14.2 Å². The minimum Gasteiger partial charge on any atom is -0.493 e. The summed E-state index contributed by atoms with van der Waals surface area (Å²) in [6.45, 7) is 6.76. The van der Waals surface area contributed by atoms with Crippen molar-refractivity contribution in [2.45, 2.75) is 45.3 Å². The molecule has 0 spiro atoms. The molecule has 0 aliphatic carbocycles. The molecule has 0 N–H and O–H groups in total. The van der Waals surface area contributed by atoms with E-state index < -0.39 is 5.60 Å². The minimum atomic E-state index is -0.486. The molecule has 23 heavy (non-hydrogen) atoms. The normalized spacial score (nSPS) is 18.0. The summed E-state index contributed by atoms with van der Waals surface area (Å²) in [5.41, 5.74) is -0.486. The van der Waals surface area contributed by atoms with E-state index in [1.54, 1.807) is 12.0 Å². The quantitative estimate of drug-likeness (QED) is 0.777. The zero-order valence-electron chi connectivity index (χ0n) is 14.1. The van der Waals surface area contributed by atoms with Gasteiger partial charge in [-0.2, -0.15) is 0 Å². The molecule has 1 aliphatic heterocycles. The van der Waals surface area contributed by atoms with Gasteiger partial charge in [-0.1, -0.05) is 15.9 Å². The van der Waals surface area contributed by atoms with Crippen LogP contribution in [0.2, 0.25) is 0 Å². The van der Waals surface area contributed by atoms with Crippen LogP contribution in [0.4, 0.5) is 4.79 Å². The summed E-state index contributed by atoms with van der Waals surface area (Å²) < 4.78 is 17.6. The van der Waals surface area contributed by atoms with Crippen LogP contribution in [0, 0.1) is 0 Å². The average molecular weight is 386 g/mol. The Bertz CT molecular complexity index is 556.